The molecule has 0 aliphatic heterocycles. The number of phenolic OH excluding ortho intramolecular Hbond substituents is 1. The number of anilines is 3. The van der Waals surface area contributed by atoms with E-state index in [4.69, 9.17) is 15.2 Å². The number of para-hydroxylation sites is 2. The summed E-state index contributed by atoms with van der Waals surface area (Å²) in [6.07, 6.45) is 3.62. The van der Waals surface area contributed by atoms with Crippen LogP contribution in [0.3, 0.4) is 0 Å². The van der Waals surface area contributed by atoms with Gasteiger partial charge in [0.1, 0.15) is 6.10 Å². The molecule has 0 radical (unpaired) electrons. The van der Waals surface area contributed by atoms with Crippen LogP contribution in [0.25, 0.3) is 10.8 Å². The molecule has 0 fully saturated rings. The fraction of sp³-hybridized carbons (Fsp3) is 0.161. The van der Waals surface area contributed by atoms with Gasteiger partial charge in [0.2, 0.25) is 5.91 Å². The number of allylic oxidation sites excluding steroid dienone is 1. The summed E-state index contributed by atoms with van der Waals surface area (Å²) in [5.41, 5.74) is 8.18. The fourth-order valence-corrected chi connectivity index (χ4v) is 4.20. The number of hydrogen-bond acceptors (Lipinski definition) is 6. The third-order valence-corrected chi connectivity index (χ3v) is 6.18. The first-order valence-corrected chi connectivity index (χ1v) is 12.6. The molecule has 39 heavy (non-hydrogen) atoms. The van der Waals surface area contributed by atoms with Gasteiger partial charge in [0.05, 0.1) is 24.2 Å². The maximum atomic E-state index is 12.9. The van der Waals surface area contributed by atoms with E-state index >= 15 is 0 Å². The molecule has 0 spiro atoms. The largest absolute Gasteiger partial charge is 0.504 e. The zero-order valence-corrected chi connectivity index (χ0v) is 21.6. The number of nitrogen functional groups attached to an aromatic ring is 1. The zero-order chi connectivity index (χ0) is 27.6. The molecule has 200 valence electrons. The van der Waals surface area contributed by atoms with E-state index in [2.05, 4.69) is 10.6 Å². The van der Waals surface area contributed by atoms with Crippen LogP contribution in [-0.4, -0.2) is 24.2 Å². The van der Waals surface area contributed by atoms with Crippen molar-refractivity contribution in [1.82, 2.24) is 0 Å². The molecular weight excluding hydrogens is 494 g/mol. The van der Waals surface area contributed by atoms with E-state index in [1.165, 1.54) is 19.3 Å². The van der Waals surface area contributed by atoms with Crippen LogP contribution in [0.4, 0.5) is 21.9 Å². The average Bonchev–Trinajstić information content (AvgIpc) is 2.93. The van der Waals surface area contributed by atoms with Crippen molar-refractivity contribution in [1.29, 1.82) is 0 Å². The molecule has 8 heteroatoms. The quantitative estimate of drug-likeness (QED) is 0.103. The number of ether oxygens (including phenoxy) is 2. The Morgan fingerprint density at radius 1 is 0.949 bits per heavy atom. The Labute approximate surface area is 227 Å². The van der Waals surface area contributed by atoms with E-state index in [0.717, 1.165) is 10.8 Å². The van der Waals surface area contributed by atoms with Crippen LogP contribution in [0.15, 0.2) is 97.1 Å². The number of methoxy groups -OCH3 is 1. The molecule has 0 bridgehead atoms. The molecule has 0 aliphatic carbocycles. The van der Waals surface area contributed by atoms with Gasteiger partial charge in [0.25, 0.3) is 0 Å². The number of unbranched alkanes of at least 4 members (excludes halogenated alkanes) is 1. The Morgan fingerprint density at radius 3 is 2.49 bits per heavy atom. The molecule has 0 aromatic heterocycles. The SMILES string of the molecule is COc1ccc([C@@H](CCC/C=C/C(=O)Nc2ccccc2N)OC(=O)Nc2cccc3ccccc23)cc1O. The normalized spacial score (nSPS) is 11.7. The van der Waals surface area contributed by atoms with Crippen molar-refractivity contribution in [2.45, 2.75) is 25.4 Å². The van der Waals surface area contributed by atoms with Gasteiger partial charge in [-0.15, -0.1) is 0 Å². The van der Waals surface area contributed by atoms with Gasteiger partial charge in [-0.25, -0.2) is 4.79 Å². The summed E-state index contributed by atoms with van der Waals surface area (Å²) in [7, 11) is 1.47. The lowest BCUT2D eigenvalue weighted by Gasteiger charge is -2.20. The van der Waals surface area contributed by atoms with E-state index in [0.29, 0.717) is 47.6 Å². The molecule has 8 nitrogen and oxygen atoms in total. The number of nitrogens with two attached hydrogens (primary N) is 1. The van der Waals surface area contributed by atoms with Crippen molar-refractivity contribution in [3.8, 4) is 11.5 Å². The van der Waals surface area contributed by atoms with Crippen LogP contribution in [0.1, 0.15) is 30.9 Å². The number of amides is 2. The lowest BCUT2D eigenvalue weighted by atomic mass is 10.0. The second kappa shape index (κ2) is 13.0. The minimum atomic E-state index is -0.636. The standard InChI is InChI=1S/C31H31N3O5/c1-38-29-19-18-22(20-27(29)35)28(16-3-2-4-17-30(36)33-26-14-8-7-13-24(26)32)39-31(37)34-25-15-9-11-21-10-5-6-12-23(21)25/h4-15,17-20,28,35H,2-3,16,32H2,1H3,(H,33,36)(H,34,37)/b17-4+/t28-/m1/s1. The van der Waals surface area contributed by atoms with Gasteiger partial charge in [-0.05, 0) is 66.6 Å². The number of aromatic hydroxyl groups is 1. The van der Waals surface area contributed by atoms with Crippen molar-refractivity contribution in [2.75, 3.05) is 23.5 Å². The summed E-state index contributed by atoms with van der Waals surface area (Å²) in [4.78, 5) is 25.2. The number of carbonyl (C=O) groups is 2. The van der Waals surface area contributed by atoms with E-state index in [1.807, 2.05) is 42.5 Å². The molecule has 1 atom stereocenters. The Morgan fingerprint density at radius 2 is 1.69 bits per heavy atom. The van der Waals surface area contributed by atoms with Crippen LogP contribution < -0.4 is 21.1 Å². The molecule has 4 aromatic carbocycles. The van der Waals surface area contributed by atoms with Crippen LogP contribution in [0.2, 0.25) is 0 Å². The van der Waals surface area contributed by atoms with Crippen LogP contribution in [-0.2, 0) is 9.53 Å². The number of phenols is 1. The number of benzene rings is 4. The monoisotopic (exact) mass is 525 g/mol. The predicted molar refractivity (Wildman–Crippen MR) is 154 cm³/mol. The average molecular weight is 526 g/mol. The van der Waals surface area contributed by atoms with Gasteiger partial charge in [-0.3, -0.25) is 10.1 Å². The van der Waals surface area contributed by atoms with Gasteiger partial charge in [-0.2, -0.15) is 0 Å². The first-order chi connectivity index (χ1) is 18.9. The van der Waals surface area contributed by atoms with Gasteiger partial charge in [0, 0.05) is 5.39 Å². The van der Waals surface area contributed by atoms with E-state index < -0.39 is 12.2 Å². The Balaban J connectivity index is 1.40. The minimum Gasteiger partial charge on any atom is -0.504 e. The maximum Gasteiger partial charge on any atom is 0.412 e. The lowest BCUT2D eigenvalue weighted by molar-refractivity contribution is -0.111. The van der Waals surface area contributed by atoms with E-state index in [9.17, 15) is 14.7 Å². The van der Waals surface area contributed by atoms with Crippen molar-refractivity contribution in [2.24, 2.45) is 0 Å². The predicted octanol–water partition coefficient (Wildman–Crippen LogP) is 6.79. The van der Waals surface area contributed by atoms with Crippen molar-refractivity contribution >= 4 is 39.8 Å². The van der Waals surface area contributed by atoms with E-state index in [1.54, 1.807) is 42.5 Å². The minimum absolute atomic E-state index is 0.0465. The molecule has 0 heterocycles. The number of nitrogens with one attached hydrogen (secondary N) is 2. The molecule has 4 rings (SSSR count). The summed E-state index contributed by atoms with van der Waals surface area (Å²) in [5.74, 6) is -0.00392. The number of rotatable bonds is 10. The first-order valence-electron chi connectivity index (χ1n) is 12.6. The summed E-state index contributed by atoms with van der Waals surface area (Å²) >= 11 is 0. The molecule has 2 amide bonds. The van der Waals surface area contributed by atoms with Crippen molar-refractivity contribution in [3.05, 3.63) is 103 Å². The Hall–Kier alpha value is -4.98. The number of fused-ring (bicyclic) bond motifs is 1. The summed E-state index contributed by atoms with van der Waals surface area (Å²) in [6.45, 7) is 0. The van der Waals surface area contributed by atoms with Gasteiger partial charge in [-0.1, -0.05) is 60.7 Å². The molecule has 0 aliphatic rings. The highest BCUT2D eigenvalue weighted by atomic mass is 16.6. The topological polar surface area (TPSA) is 123 Å². The fourth-order valence-electron chi connectivity index (χ4n) is 4.20. The smallest absolute Gasteiger partial charge is 0.412 e. The van der Waals surface area contributed by atoms with Crippen LogP contribution in [0, 0.1) is 0 Å². The van der Waals surface area contributed by atoms with E-state index in [-0.39, 0.29) is 11.7 Å². The highest BCUT2D eigenvalue weighted by Gasteiger charge is 2.19. The zero-order valence-electron chi connectivity index (χ0n) is 21.6. The second-order valence-corrected chi connectivity index (χ2v) is 8.89. The molecule has 0 saturated heterocycles. The molecule has 0 unspecified atom stereocenters. The lowest BCUT2D eigenvalue weighted by Crippen LogP contribution is -2.18. The molecule has 5 N–H and O–H groups in total. The first kappa shape index (κ1) is 27.1. The van der Waals surface area contributed by atoms with Crippen LogP contribution in [0.5, 0.6) is 11.5 Å². The Bertz CT molecular complexity index is 1480. The third-order valence-electron chi connectivity index (χ3n) is 6.18. The maximum absolute atomic E-state index is 12.9. The van der Waals surface area contributed by atoms with Crippen molar-refractivity contribution in [3.63, 3.8) is 0 Å². The third kappa shape index (κ3) is 7.29. The van der Waals surface area contributed by atoms with Gasteiger partial charge < -0.3 is 25.6 Å². The van der Waals surface area contributed by atoms with Gasteiger partial charge in [0.15, 0.2) is 11.5 Å². The second-order valence-electron chi connectivity index (χ2n) is 8.89. The van der Waals surface area contributed by atoms with Crippen LogP contribution >= 0.6 is 0 Å². The molecule has 0 saturated carbocycles. The highest BCUT2D eigenvalue weighted by Crippen LogP contribution is 2.33. The summed E-state index contributed by atoms with van der Waals surface area (Å²) in [6, 6.07) is 25.3. The van der Waals surface area contributed by atoms with Gasteiger partial charge >= 0.3 is 6.09 Å². The Kier molecular flexibility index (Phi) is 9.03. The number of hydrogen-bond donors (Lipinski definition) is 4. The van der Waals surface area contributed by atoms with Crippen molar-refractivity contribution < 1.29 is 24.2 Å². The molecule has 4 aromatic rings. The molecular formula is C31H31N3O5. The summed E-state index contributed by atoms with van der Waals surface area (Å²) < 4.78 is 11.0. The number of carbonyl (C=O) groups excluding carboxylic acids is 2. The highest BCUT2D eigenvalue weighted by molar-refractivity contribution is 6.01. The summed E-state index contributed by atoms with van der Waals surface area (Å²) in [5, 5.41) is 17.8.